The van der Waals surface area contributed by atoms with Crippen molar-refractivity contribution in [2.75, 3.05) is 19.6 Å². The van der Waals surface area contributed by atoms with Crippen molar-refractivity contribution in [3.63, 3.8) is 0 Å². The Morgan fingerprint density at radius 2 is 2.05 bits per heavy atom. The van der Waals surface area contributed by atoms with Gasteiger partial charge in [-0.3, -0.25) is 0 Å². The molecular weight excluding hydrogens is 288 g/mol. The standard InChI is InChI=1S/C14H26N4O2S/c1-3-8-17-11-14(16-12(17)2)21(19,20)18-9-5-13(4-7-15)6-10-18/h11,13H,3-10,15H2,1-2H3. The third-order valence-electron chi connectivity index (χ3n) is 4.17. The van der Waals surface area contributed by atoms with Crippen LogP contribution in [0.2, 0.25) is 0 Å². The molecule has 0 atom stereocenters. The van der Waals surface area contributed by atoms with Crippen LogP contribution in [0.25, 0.3) is 0 Å². The average Bonchev–Trinajstić information content (AvgIpc) is 2.82. The van der Waals surface area contributed by atoms with Crippen molar-refractivity contribution in [3.05, 3.63) is 12.0 Å². The molecule has 0 saturated carbocycles. The molecule has 0 bridgehead atoms. The summed E-state index contributed by atoms with van der Waals surface area (Å²) in [5.41, 5.74) is 5.57. The normalized spacial score (nSPS) is 18.2. The number of aryl methyl sites for hydroxylation is 2. The van der Waals surface area contributed by atoms with Gasteiger partial charge in [-0.15, -0.1) is 0 Å². The molecule has 1 fully saturated rings. The first kappa shape index (κ1) is 16.5. The predicted octanol–water partition coefficient (Wildman–Crippen LogP) is 1.35. The van der Waals surface area contributed by atoms with Gasteiger partial charge >= 0.3 is 0 Å². The lowest BCUT2D eigenvalue weighted by Crippen LogP contribution is -2.39. The zero-order valence-corrected chi connectivity index (χ0v) is 13.8. The second kappa shape index (κ2) is 6.89. The van der Waals surface area contributed by atoms with Gasteiger partial charge in [0.05, 0.1) is 0 Å². The molecule has 1 aromatic rings. The van der Waals surface area contributed by atoms with Gasteiger partial charge in [0, 0.05) is 25.8 Å². The maximum atomic E-state index is 12.6. The fraction of sp³-hybridized carbons (Fsp3) is 0.786. The summed E-state index contributed by atoms with van der Waals surface area (Å²) in [6, 6.07) is 0. The predicted molar refractivity (Wildman–Crippen MR) is 82.4 cm³/mol. The van der Waals surface area contributed by atoms with Crippen LogP contribution in [0.1, 0.15) is 38.4 Å². The lowest BCUT2D eigenvalue weighted by Gasteiger charge is -2.30. The van der Waals surface area contributed by atoms with Crippen LogP contribution in [0.5, 0.6) is 0 Å². The van der Waals surface area contributed by atoms with Gasteiger partial charge in [-0.1, -0.05) is 6.92 Å². The van der Waals surface area contributed by atoms with Crippen LogP contribution in [0.15, 0.2) is 11.2 Å². The summed E-state index contributed by atoms with van der Waals surface area (Å²) in [6.07, 6.45) is 5.40. The van der Waals surface area contributed by atoms with Gasteiger partial charge in [0.15, 0.2) is 5.03 Å². The topological polar surface area (TPSA) is 81.2 Å². The molecule has 1 aliphatic rings. The fourth-order valence-corrected chi connectivity index (χ4v) is 4.34. The van der Waals surface area contributed by atoms with Gasteiger partial charge in [-0.05, 0) is 45.1 Å². The number of aromatic nitrogens is 2. The molecule has 0 amide bonds. The lowest BCUT2D eigenvalue weighted by atomic mass is 9.95. The van der Waals surface area contributed by atoms with E-state index in [9.17, 15) is 8.42 Å². The Hall–Kier alpha value is -0.920. The molecular formula is C14H26N4O2S. The SMILES string of the molecule is CCCn1cc(S(=O)(=O)N2CCC(CCN)CC2)nc1C. The fourth-order valence-electron chi connectivity index (χ4n) is 2.88. The van der Waals surface area contributed by atoms with Gasteiger partial charge in [0.25, 0.3) is 10.0 Å². The summed E-state index contributed by atoms with van der Waals surface area (Å²) in [5, 5.41) is 0.186. The maximum Gasteiger partial charge on any atom is 0.262 e. The number of piperidine rings is 1. The van der Waals surface area contributed by atoms with Gasteiger partial charge in [0.2, 0.25) is 0 Å². The lowest BCUT2D eigenvalue weighted by molar-refractivity contribution is 0.265. The van der Waals surface area contributed by atoms with Gasteiger partial charge in [-0.25, -0.2) is 13.4 Å². The van der Waals surface area contributed by atoms with E-state index in [4.69, 9.17) is 5.73 Å². The van der Waals surface area contributed by atoms with Crippen LogP contribution in [-0.4, -0.2) is 41.9 Å². The van der Waals surface area contributed by atoms with Crippen molar-refractivity contribution in [1.82, 2.24) is 13.9 Å². The second-order valence-corrected chi connectivity index (χ2v) is 7.63. The van der Waals surface area contributed by atoms with Crippen molar-refractivity contribution in [1.29, 1.82) is 0 Å². The number of nitrogens with two attached hydrogens (primary N) is 1. The minimum absolute atomic E-state index is 0.186. The quantitative estimate of drug-likeness (QED) is 0.859. The van der Waals surface area contributed by atoms with Gasteiger partial charge in [-0.2, -0.15) is 4.31 Å². The Balaban J connectivity index is 2.10. The van der Waals surface area contributed by atoms with E-state index in [1.807, 2.05) is 11.5 Å². The Kier molecular flexibility index (Phi) is 5.40. The van der Waals surface area contributed by atoms with Crippen molar-refractivity contribution in [2.45, 2.75) is 51.1 Å². The molecule has 1 aromatic heterocycles. The minimum Gasteiger partial charge on any atom is -0.334 e. The van der Waals surface area contributed by atoms with Crippen molar-refractivity contribution >= 4 is 10.0 Å². The highest BCUT2D eigenvalue weighted by molar-refractivity contribution is 7.89. The number of sulfonamides is 1. The van der Waals surface area contributed by atoms with Crippen LogP contribution in [-0.2, 0) is 16.6 Å². The average molecular weight is 314 g/mol. The molecule has 1 saturated heterocycles. The molecule has 21 heavy (non-hydrogen) atoms. The molecule has 2 rings (SSSR count). The highest BCUT2D eigenvalue weighted by Crippen LogP contribution is 2.25. The molecule has 2 heterocycles. The summed E-state index contributed by atoms with van der Waals surface area (Å²) in [5.74, 6) is 1.31. The zero-order valence-electron chi connectivity index (χ0n) is 13.0. The van der Waals surface area contributed by atoms with E-state index in [-0.39, 0.29) is 5.03 Å². The molecule has 0 radical (unpaired) electrons. The molecule has 120 valence electrons. The largest absolute Gasteiger partial charge is 0.334 e. The van der Waals surface area contributed by atoms with E-state index in [1.165, 1.54) is 0 Å². The van der Waals surface area contributed by atoms with E-state index >= 15 is 0 Å². The highest BCUT2D eigenvalue weighted by Gasteiger charge is 2.31. The number of hydrogen-bond acceptors (Lipinski definition) is 4. The summed E-state index contributed by atoms with van der Waals surface area (Å²) in [7, 11) is -3.45. The van der Waals surface area contributed by atoms with Crippen LogP contribution in [0.3, 0.4) is 0 Å². The van der Waals surface area contributed by atoms with E-state index < -0.39 is 10.0 Å². The Labute approximate surface area is 127 Å². The summed E-state index contributed by atoms with van der Waals surface area (Å²) < 4.78 is 28.8. The first-order valence-corrected chi connectivity index (χ1v) is 9.17. The third kappa shape index (κ3) is 3.64. The van der Waals surface area contributed by atoms with E-state index in [0.29, 0.717) is 25.6 Å². The number of nitrogens with zero attached hydrogens (tertiary/aromatic N) is 3. The van der Waals surface area contributed by atoms with E-state index in [1.54, 1.807) is 10.5 Å². The summed E-state index contributed by atoms with van der Waals surface area (Å²) in [4.78, 5) is 4.24. The summed E-state index contributed by atoms with van der Waals surface area (Å²) in [6.45, 7) is 6.54. The van der Waals surface area contributed by atoms with E-state index in [2.05, 4.69) is 11.9 Å². The Morgan fingerprint density at radius 3 is 2.62 bits per heavy atom. The smallest absolute Gasteiger partial charge is 0.262 e. The zero-order chi connectivity index (χ0) is 15.5. The van der Waals surface area contributed by atoms with Gasteiger partial charge in [0.1, 0.15) is 5.82 Å². The third-order valence-corrected chi connectivity index (χ3v) is 5.94. The molecule has 1 aliphatic heterocycles. The molecule has 6 nitrogen and oxygen atoms in total. The molecule has 7 heteroatoms. The summed E-state index contributed by atoms with van der Waals surface area (Å²) >= 11 is 0. The van der Waals surface area contributed by atoms with Crippen LogP contribution >= 0.6 is 0 Å². The minimum atomic E-state index is -3.45. The number of rotatable bonds is 6. The first-order valence-electron chi connectivity index (χ1n) is 7.73. The van der Waals surface area contributed by atoms with Crippen molar-refractivity contribution in [2.24, 2.45) is 11.7 Å². The Bertz CT molecular complexity index is 560. The van der Waals surface area contributed by atoms with Crippen LogP contribution in [0.4, 0.5) is 0 Å². The second-order valence-electron chi connectivity index (χ2n) is 5.74. The monoisotopic (exact) mass is 314 g/mol. The molecule has 0 unspecified atom stereocenters. The molecule has 2 N–H and O–H groups in total. The van der Waals surface area contributed by atoms with E-state index in [0.717, 1.165) is 38.1 Å². The van der Waals surface area contributed by atoms with Crippen LogP contribution in [0, 0.1) is 12.8 Å². The highest BCUT2D eigenvalue weighted by atomic mass is 32.2. The molecule has 0 spiro atoms. The first-order chi connectivity index (χ1) is 9.98. The molecule has 0 aliphatic carbocycles. The number of hydrogen-bond donors (Lipinski definition) is 1. The number of imidazole rings is 1. The maximum absolute atomic E-state index is 12.6. The van der Waals surface area contributed by atoms with Crippen molar-refractivity contribution < 1.29 is 8.42 Å². The molecule has 0 aromatic carbocycles. The Morgan fingerprint density at radius 1 is 1.38 bits per heavy atom. The van der Waals surface area contributed by atoms with Crippen molar-refractivity contribution in [3.8, 4) is 0 Å². The van der Waals surface area contributed by atoms with Gasteiger partial charge < -0.3 is 10.3 Å². The van der Waals surface area contributed by atoms with Crippen LogP contribution < -0.4 is 5.73 Å².